The quantitative estimate of drug-likeness (QED) is 0.450. The van der Waals surface area contributed by atoms with E-state index in [0.29, 0.717) is 18.8 Å². The zero-order valence-electron chi connectivity index (χ0n) is 13.1. The Hall–Kier alpha value is -1.82. The number of anilines is 1. The van der Waals surface area contributed by atoms with Crippen LogP contribution in [-0.4, -0.2) is 30.3 Å². The van der Waals surface area contributed by atoms with Crippen molar-refractivity contribution in [2.45, 2.75) is 39.7 Å². The van der Waals surface area contributed by atoms with Gasteiger partial charge < -0.3 is 14.8 Å². The Morgan fingerprint density at radius 1 is 1.29 bits per heavy atom. The highest BCUT2D eigenvalue weighted by molar-refractivity contribution is 5.68. The minimum Gasteiger partial charge on any atom is -0.484 e. The fraction of sp³-hybridized carbons (Fsp3) is 0.600. The normalized spacial score (nSPS) is 11.2. The van der Waals surface area contributed by atoms with Gasteiger partial charge in [0.15, 0.2) is 5.75 Å². The monoisotopic (exact) mass is 296 g/mol. The van der Waals surface area contributed by atoms with Crippen molar-refractivity contribution in [3.8, 4) is 5.75 Å². The number of nitrogens with zero attached hydrogens (tertiary/aromatic N) is 1. The molecule has 0 heterocycles. The van der Waals surface area contributed by atoms with Crippen molar-refractivity contribution in [3.63, 3.8) is 0 Å². The Morgan fingerprint density at radius 3 is 2.57 bits per heavy atom. The SMILES string of the molecule is CCCNc1cccc(OCCOC(C)(C)C)c1[N+](=O)[O-]. The predicted molar refractivity (Wildman–Crippen MR) is 83.1 cm³/mol. The average molecular weight is 296 g/mol. The van der Waals surface area contributed by atoms with Crippen LogP contribution in [0.3, 0.4) is 0 Å². The molecule has 0 saturated carbocycles. The molecule has 118 valence electrons. The van der Waals surface area contributed by atoms with E-state index in [1.54, 1.807) is 18.2 Å². The maximum Gasteiger partial charge on any atom is 0.333 e. The number of benzene rings is 1. The maximum atomic E-state index is 11.3. The lowest BCUT2D eigenvalue weighted by Crippen LogP contribution is -2.22. The molecule has 0 spiro atoms. The van der Waals surface area contributed by atoms with Crippen LogP contribution in [0.1, 0.15) is 34.1 Å². The summed E-state index contributed by atoms with van der Waals surface area (Å²) in [6.07, 6.45) is 0.891. The summed E-state index contributed by atoms with van der Waals surface area (Å²) in [4.78, 5) is 10.8. The molecule has 0 saturated heterocycles. The Balaban J connectivity index is 2.74. The van der Waals surface area contributed by atoms with Crippen LogP contribution >= 0.6 is 0 Å². The molecule has 1 aromatic carbocycles. The van der Waals surface area contributed by atoms with Crippen molar-refractivity contribution in [1.82, 2.24) is 0 Å². The van der Waals surface area contributed by atoms with Crippen molar-refractivity contribution >= 4 is 11.4 Å². The Kier molecular flexibility index (Phi) is 6.42. The minimum atomic E-state index is -0.419. The van der Waals surface area contributed by atoms with Gasteiger partial charge in [0.05, 0.1) is 17.1 Å². The number of rotatable bonds is 8. The smallest absolute Gasteiger partial charge is 0.333 e. The molecule has 0 aromatic heterocycles. The molecule has 0 radical (unpaired) electrons. The highest BCUT2D eigenvalue weighted by Crippen LogP contribution is 2.34. The van der Waals surface area contributed by atoms with Gasteiger partial charge >= 0.3 is 5.69 Å². The lowest BCUT2D eigenvalue weighted by molar-refractivity contribution is -0.385. The van der Waals surface area contributed by atoms with Crippen molar-refractivity contribution in [3.05, 3.63) is 28.3 Å². The molecular weight excluding hydrogens is 272 g/mol. The van der Waals surface area contributed by atoms with E-state index in [4.69, 9.17) is 9.47 Å². The number of hydrogen-bond acceptors (Lipinski definition) is 5. The molecule has 0 atom stereocenters. The zero-order valence-corrected chi connectivity index (χ0v) is 13.1. The molecule has 6 nitrogen and oxygen atoms in total. The van der Waals surface area contributed by atoms with E-state index >= 15 is 0 Å². The fourth-order valence-corrected chi connectivity index (χ4v) is 1.73. The Bertz CT molecular complexity index is 469. The van der Waals surface area contributed by atoms with Gasteiger partial charge in [0.2, 0.25) is 0 Å². The number of hydrogen-bond donors (Lipinski definition) is 1. The van der Waals surface area contributed by atoms with Gasteiger partial charge in [-0.2, -0.15) is 0 Å². The van der Waals surface area contributed by atoms with Gasteiger partial charge in [0.25, 0.3) is 0 Å². The van der Waals surface area contributed by atoms with Crippen molar-refractivity contribution < 1.29 is 14.4 Å². The van der Waals surface area contributed by atoms with Crippen molar-refractivity contribution in [2.75, 3.05) is 25.1 Å². The molecule has 21 heavy (non-hydrogen) atoms. The van der Waals surface area contributed by atoms with Crippen LogP contribution in [0.2, 0.25) is 0 Å². The molecule has 0 aliphatic carbocycles. The average Bonchev–Trinajstić information content (AvgIpc) is 2.40. The van der Waals surface area contributed by atoms with Gasteiger partial charge in [-0.15, -0.1) is 0 Å². The molecule has 0 bridgehead atoms. The molecular formula is C15H24N2O4. The Labute approximate surface area is 125 Å². The van der Waals surface area contributed by atoms with Crippen LogP contribution < -0.4 is 10.1 Å². The van der Waals surface area contributed by atoms with Crippen LogP contribution in [0.4, 0.5) is 11.4 Å². The van der Waals surface area contributed by atoms with E-state index in [0.717, 1.165) is 6.42 Å². The highest BCUT2D eigenvalue weighted by atomic mass is 16.6. The molecule has 0 amide bonds. The van der Waals surface area contributed by atoms with E-state index in [9.17, 15) is 10.1 Å². The van der Waals surface area contributed by atoms with Crippen LogP contribution in [0.5, 0.6) is 5.75 Å². The first-order chi connectivity index (χ1) is 9.85. The number of ether oxygens (including phenoxy) is 2. The van der Waals surface area contributed by atoms with Gasteiger partial charge in [-0.3, -0.25) is 10.1 Å². The van der Waals surface area contributed by atoms with Gasteiger partial charge in [-0.05, 0) is 39.3 Å². The second-order valence-corrected chi connectivity index (χ2v) is 5.65. The summed E-state index contributed by atoms with van der Waals surface area (Å²) in [5.74, 6) is 0.263. The van der Waals surface area contributed by atoms with Crippen LogP contribution in [0.15, 0.2) is 18.2 Å². The first kappa shape index (κ1) is 17.2. The number of nitrogens with one attached hydrogen (secondary N) is 1. The topological polar surface area (TPSA) is 73.6 Å². The summed E-state index contributed by atoms with van der Waals surface area (Å²) >= 11 is 0. The van der Waals surface area contributed by atoms with E-state index in [1.807, 2.05) is 27.7 Å². The van der Waals surface area contributed by atoms with Crippen LogP contribution in [-0.2, 0) is 4.74 Å². The lowest BCUT2D eigenvalue weighted by atomic mass is 10.2. The summed E-state index contributed by atoms with van der Waals surface area (Å²) in [6, 6.07) is 5.03. The number of para-hydroxylation sites is 1. The van der Waals surface area contributed by atoms with E-state index in [-0.39, 0.29) is 23.6 Å². The molecule has 0 aliphatic rings. The summed E-state index contributed by atoms with van der Waals surface area (Å²) in [7, 11) is 0. The van der Waals surface area contributed by atoms with Gasteiger partial charge in [0.1, 0.15) is 12.3 Å². The third-order valence-corrected chi connectivity index (χ3v) is 2.62. The van der Waals surface area contributed by atoms with Gasteiger partial charge in [-0.25, -0.2) is 0 Å². The second-order valence-electron chi connectivity index (χ2n) is 5.65. The summed E-state index contributed by atoms with van der Waals surface area (Å²) in [5, 5.41) is 14.3. The third kappa shape index (κ3) is 5.99. The lowest BCUT2D eigenvalue weighted by Gasteiger charge is -2.19. The Morgan fingerprint density at radius 2 is 2.00 bits per heavy atom. The fourth-order valence-electron chi connectivity index (χ4n) is 1.73. The second kappa shape index (κ2) is 7.83. The molecule has 1 N–H and O–H groups in total. The number of nitro benzene ring substituents is 1. The van der Waals surface area contributed by atoms with E-state index < -0.39 is 4.92 Å². The molecule has 1 aromatic rings. The molecule has 0 aliphatic heterocycles. The van der Waals surface area contributed by atoms with E-state index in [1.165, 1.54) is 0 Å². The molecule has 0 fully saturated rings. The van der Waals surface area contributed by atoms with Crippen molar-refractivity contribution in [1.29, 1.82) is 0 Å². The predicted octanol–water partition coefficient (Wildman–Crippen LogP) is 3.61. The maximum absolute atomic E-state index is 11.3. The summed E-state index contributed by atoms with van der Waals surface area (Å²) in [6.45, 7) is 9.18. The highest BCUT2D eigenvalue weighted by Gasteiger charge is 2.21. The van der Waals surface area contributed by atoms with Gasteiger partial charge in [-0.1, -0.05) is 13.0 Å². The van der Waals surface area contributed by atoms with E-state index in [2.05, 4.69) is 5.32 Å². The zero-order chi connectivity index (χ0) is 15.9. The van der Waals surface area contributed by atoms with Gasteiger partial charge in [0, 0.05) is 6.54 Å². The minimum absolute atomic E-state index is 0.0262. The largest absolute Gasteiger partial charge is 0.484 e. The molecule has 6 heteroatoms. The third-order valence-electron chi connectivity index (χ3n) is 2.62. The first-order valence-electron chi connectivity index (χ1n) is 7.13. The van der Waals surface area contributed by atoms with Crippen molar-refractivity contribution in [2.24, 2.45) is 0 Å². The van der Waals surface area contributed by atoms with Crippen LogP contribution in [0, 0.1) is 10.1 Å². The van der Waals surface area contributed by atoms with Crippen LogP contribution in [0.25, 0.3) is 0 Å². The first-order valence-corrected chi connectivity index (χ1v) is 7.13. The number of nitro groups is 1. The molecule has 1 rings (SSSR count). The summed E-state index contributed by atoms with van der Waals surface area (Å²) in [5.41, 5.74) is 0.206. The summed E-state index contributed by atoms with van der Waals surface area (Å²) < 4.78 is 11.0. The standard InChI is InChI=1S/C15H24N2O4/c1-5-9-16-12-7-6-8-13(14(12)17(18)19)20-10-11-21-15(2,3)4/h6-8,16H,5,9-11H2,1-4H3. The molecule has 0 unspecified atom stereocenters.